The number of anilines is 1. The van der Waals surface area contributed by atoms with E-state index < -0.39 is 0 Å². The van der Waals surface area contributed by atoms with E-state index in [1.807, 2.05) is 4.90 Å². The van der Waals surface area contributed by atoms with Gasteiger partial charge < -0.3 is 10.6 Å². The second-order valence-electron chi connectivity index (χ2n) is 5.87. The minimum absolute atomic E-state index is 0.173. The van der Waals surface area contributed by atoms with Crippen molar-refractivity contribution in [2.24, 2.45) is 11.8 Å². The zero-order chi connectivity index (χ0) is 13.2. The van der Waals surface area contributed by atoms with E-state index in [1.54, 1.807) is 16.9 Å². The van der Waals surface area contributed by atoms with Crippen molar-refractivity contribution in [1.29, 1.82) is 0 Å². The van der Waals surface area contributed by atoms with E-state index in [0.29, 0.717) is 12.4 Å². The maximum Gasteiger partial charge on any atom is 0.244 e. The summed E-state index contributed by atoms with van der Waals surface area (Å²) < 4.78 is 1.63. The lowest BCUT2D eigenvalue weighted by Crippen LogP contribution is -2.45. The second kappa shape index (κ2) is 5.23. The molecular weight excluding hydrogens is 240 g/mol. The molecular formula is C14H22N4O. The Kier molecular flexibility index (Phi) is 3.44. The highest BCUT2D eigenvalue weighted by molar-refractivity contribution is 5.76. The number of piperidine rings is 1. The third-order valence-electron chi connectivity index (χ3n) is 4.60. The zero-order valence-corrected chi connectivity index (χ0v) is 11.3. The van der Waals surface area contributed by atoms with E-state index in [2.05, 4.69) is 5.10 Å². The van der Waals surface area contributed by atoms with Crippen LogP contribution in [0.1, 0.15) is 32.1 Å². The largest absolute Gasteiger partial charge is 0.382 e. The molecule has 2 atom stereocenters. The summed E-state index contributed by atoms with van der Waals surface area (Å²) in [5.41, 5.74) is 5.56. The van der Waals surface area contributed by atoms with Gasteiger partial charge in [0.2, 0.25) is 5.91 Å². The molecule has 1 saturated heterocycles. The predicted octanol–water partition coefficient (Wildman–Crippen LogP) is 1.50. The normalized spacial score (nSPS) is 27.1. The quantitative estimate of drug-likeness (QED) is 0.878. The fourth-order valence-electron chi connectivity index (χ4n) is 3.53. The number of hydrogen-bond donors (Lipinski definition) is 1. The first-order valence-corrected chi connectivity index (χ1v) is 7.29. The van der Waals surface area contributed by atoms with E-state index in [0.717, 1.165) is 24.9 Å². The zero-order valence-electron chi connectivity index (χ0n) is 11.3. The number of carbonyl (C=O) groups is 1. The van der Waals surface area contributed by atoms with E-state index in [4.69, 9.17) is 5.73 Å². The molecule has 2 N–H and O–H groups in total. The van der Waals surface area contributed by atoms with Gasteiger partial charge in [0.25, 0.3) is 0 Å². The Balaban J connectivity index is 1.58. The van der Waals surface area contributed by atoms with Crippen molar-refractivity contribution in [3.8, 4) is 0 Å². The summed E-state index contributed by atoms with van der Waals surface area (Å²) in [5.74, 6) is 2.23. The highest BCUT2D eigenvalue weighted by Crippen LogP contribution is 2.36. The summed E-state index contributed by atoms with van der Waals surface area (Å²) in [7, 11) is 0. The van der Waals surface area contributed by atoms with Crippen molar-refractivity contribution in [2.45, 2.75) is 38.6 Å². The molecule has 2 fully saturated rings. The van der Waals surface area contributed by atoms with Gasteiger partial charge in [0.05, 0.1) is 0 Å². The van der Waals surface area contributed by atoms with Crippen molar-refractivity contribution in [3.05, 3.63) is 12.3 Å². The number of nitrogens with zero attached hydrogens (tertiary/aromatic N) is 3. The molecule has 0 radical (unpaired) electrons. The molecule has 0 bridgehead atoms. The lowest BCUT2D eigenvalue weighted by atomic mass is 9.75. The van der Waals surface area contributed by atoms with Gasteiger partial charge in [0, 0.05) is 19.3 Å². The molecule has 2 heterocycles. The van der Waals surface area contributed by atoms with Gasteiger partial charge in [-0.05, 0) is 30.7 Å². The monoisotopic (exact) mass is 262 g/mol. The molecule has 0 spiro atoms. The standard InChI is InChI=1S/C14H22N4O/c15-13-6-8-18(16-13)10-14(19)17-7-5-11-3-1-2-4-12(11)9-17/h6,8,11-12H,1-5,7,9-10H2,(H2,15,16). The van der Waals surface area contributed by atoms with Gasteiger partial charge in [0.1, 0.15) is 12.4 Å². The molecule has 3 rings (SSSR count). The average molecular weight is 262 g/mol. The highest BCUT2D eigenvalue weighted by atomic mass is 16.2. The summed E-state index contributed by atoms with van der Waals surface area (Å²) >= 11 is 0. The Labute approximate surface area is 113 Å². The molecule has 2 unspecified atom stereocenters. The van der Waals surface area contributed by atoms with Gasteiger partial charge in [-0.3, -0.25) is 9.48 Å². The number of aromatic nitrogens is 2. The van der Waals surface area contributed by atoms with Crippen LogP contribution in [0.5, 0.6) is 0 Å². The van der Waals surface area contributed by atoms with Crippen LogP contribution in [0.2, 0.25) is 0 Å². The minimum Gasteiger partial charge on any atom is -0.382 e. The summed E-state index contributed by atoms with van der Waals surface area (Å²) in [6, 6.07) is 1.72. The molecule has 0 aromatic carbocycles. The van der Waals surface area contributed by atoms with Gasteiger partial charge in [-0.25, -0.2) is 0 Å². The van der Waals surface area contributed by atoms with Crippen LogP contribution in [0.15, 0.2) is 12.3 Å². The second-order valence-corrected chi connectivity index (χ2v) is 5.87. The summed E-state index contributed by atoms with van der Waals surface area (Å²) in [5, 5.41) is 4.07. The number of amides is 1. The van der Waals surface area contributed by atoms with E-state index in [9.17, 15) is 4.79 Å². The SMILES string of the molecule is Nc1ccn(CC(=O)N2CCC3CCCCC3C2)n1. The Bertz CT molecular complexity index is 456. The van der Waals surface area contributed by atoms with Crippen LogP contribution in [0, 0.1) is 11.8 Å². The van der Waals surface area contributed by atoms with Crippen LogP contribution in [0.4, 0.5) is 5.82 Å². The molecule has 5 nitrogen and oxygen atoms in total. The van der Waals surface area contributed by atoms with Crippen LogP contribution in [0.25, 0.3) is 0 Å². The van der Waals surface area contributed by atoms with Gasteiger partial charge in [-0.15, -0.1) is 0 Å². The van der Waals surface area contributed by atoms with Crippen molar-refractivity contribution in [1.82, 2.24) is 14.7 Å². The summed E-state index contributed by atoms with van der Waals surface area (Å²) in [6.07, 6.45) is 8.31. The molecule has 1 aliphatic heterocycles. The Morgan fingerprint density at radius 3 is 2.84 bits per heavy atom. The van der Waals surface area contributed by atoms with Crippen LogP contribution in [-0.2, 0) is 11.3 Å². The van der Waals surface area contributed by atoms with Crippen LogP contribution >= 0.6 is 0 Å². The highest BCUT2D eigenvalue weighted by Gasteiger charge is 2.32. The lowest BCUT2D eigenvalue weighted by molar-refractivity contribution is -0.135. The Morgan fingerprint density at radius 1 is 1.32 bits per heavy atom. The Hall–Kier alpha value is -1.52. The van der Waals surface area contributed by atoms with Gasteiger partial charge in [0.15, 0.2) is 0 Å². The topological polar surface area (TPSA) is 64.2 Å². The van der Waals surface area contributed by atoms with Crippen LogP contribution in [-0.4, -0.2) is 33.7 Å². The predicted molar refractivity (Wildman–Crippen MR) is 73.3 cm³/mol. The maximum absolute atomic E-state index is 12.3. The molecule has 104 valence electrons. The van der Waals surface area contributed by atoms with Gasteiger partial charge in [-0.2, -0.15) is 5.10 Å². The van der Waals surface area contributed by atoms with E-state index in [-0.39, 0.29) is 5.91 Å². The first kappa shape index (κ1) is 12.5. The third kappa shape index (κ3) is 2.74. The number of rotatable bonds is 2. The summed E-state index contributed by atoms with van der Waals surface area (Å²) in [4.78, 5) is 14.3. The summed E-state index contributed by atoms with van der Waals surface area (Å²) in [6.45, 7) is 2.17. The van der Waals surface area contributed by atoms with Crippen molar-refractivity contribution >= 4 is 11.7 Å². The molecule has 1 aliphatic carbocycles. The van der Waals surface area contributed by atoms with Gasteiger partial charge >= 0.3 is 0 Å². The number of nitrogens with two attached hydrogens (primary N) is 1. The number of likely N-dealkylation sites (tertiary alicyclic amines) is 1. The number of nitrogen functional groups attached to an aromatic ring is 1. The third-order valence-corrected chi connectivity index (χ3v) is 4.60. The van der Waals surface area contributed by atoms with Crippen molar-refractivity contribution in [2.75, 3.05) is 18.8 Å². The fraction of sp³-hybridized carbons (Fsp3) is 0.714. The van der Waals surface area contributed by atoms with E-state index in [1.165, 1.54) is 32.1 Å². The van der Waals surface area contributed by atoms with Crippen LogP contribution in [0.3, 0.4) is 0 Å². The van der Waals surface area contributed by atoms with Crippen LogP contribution < -0.4 is 5.73 Å². The molecule has 5 heteroatoms. The maximum atomic E-state index is 12.3. The Morgan fingerprint density at radius 2 is 2.11 bits per heavy atom. The van der Waals surface area contributed by atoms with E-state index >= 15 is 0 Å². The first-order chi connectivity index (χ1) is 9.22. The first-order valence-electron chi connectivity index (χ1n) is 7.29. The molecule has 1 aromatic rings. The fourth-order valence-corrected chi connectivity index (χ4v) is 3.53. The smallest absolute Gasteiger partial charge is 0.244 e. The lowest BCUT2D eigenvalue weighted by Gasteiger charge is -2.41. The van der Waals surface area contributed by atoms with Crippen molar-refractivity contribution < 1.29 is 4.79 Å². The number of fused-ring (bicyclic) bond motifs is 1. The molecule has 1 aromatic heterocycles. The number of carbonyl (C=O) groups excluding carboxylic acids is 1. The molecule has 1 amide bonds. The number of hydrogen-bond acceptors (Lipinski definition) is 3. The minimum atomic E-state index is 0.173. The van der Waals surface area contributed by atoms with Gasteiger partial charge in [-0.1, -0.05) is 19.3 Å². The molecule has 1 saturated carbocycles. The average Bonchev–Trinajstić information content (AvgIpc) is 2.83. The molecule has 19 heavy (non-hydrogen) atoms. The molecule has 2 aliphatic rings. The van der Waals surface area contributed by atoms with Crippen molar-refractivity contribution in [3.63, 3.8) is 0 Å².